The molecule has 4 rings (SSSR count). The van der Waals surface area contributed by atoms with E-state index in [0.717, 1.165) is 12.1 Å². The van der Waals surface area contributed by atoms with Gasteiger partial charge in [0.15, 0.2) is 0 Å². The first-order valence-corrected chi connectivity index (χ1v) is 7.29. The summed E-state index contributed by atoms with van der Waals surface area (Å²) < 4.78 is 12.4. The Morgan fingerprint density at radius 3 is 3.18 bits per heavy atom. The molecule has 0 aromatic carbocycles. The third-order valence-electron chi connectivity index (χ3n) is 4.35. The molecule has 0 aliphatic carbocycles. The van der Waals surface area contributed by atoms with E-state index < -0.39 is 0 Å². The quantitative estimate of drug-likeness (QED) is 0.763. The van der Waals surface area contributed by atoms with Crippen LogP contribution in [-0.4, -0.2) is 55.3 Å². The van der Waals surface area contributed by atoms with Gasteiger partial charge >= 0.3 is 0 Å². The lowest BCUT2D eigenvalue weighted by Crippen LogP contribution is -2.50. The van der Waals surface area contributed by atoms with E-state index in [0.29, 0.717) is 31.1 Å². The summed E-state index contributed by atoms with van der Waals surface area (Å²) in [6.07, 6.45) is 2.80. The van der Waals surface area contributed by atoms with Crippen molar-refractivity contribution in [3.63, 3.8) is 0 Å². The number of carbonyl (C=O) groups excluding carboxylic acids is 1. The summed E-state index contributed by atoms with van der Waals surface area (Å²) in [5, 5.41) is 15.5. The molecule has 9 nitrogen and oxygen atoms in total. The Morgan fingerprint density at radius 2 is 2.36 bits per heavy atom. The number of aromatic nitrogens is 5. The Hall–Kier alpha value is -2.29. The first kappa shape index (κ1) is 13.4. The first-order valence-electron chi connectivity index (χ1n) is 7.29. The van der Waals surface area contributed by atoms with Crippen LogP contribution >= 0.6 is 0 Å². The van der Waals surface area contributed by atoms with Crippen LogP contribution in [0.15, 0.2) is 10.8 Å². The van der Waals surface area contributed by atoms with Crippen LogP contribution < -0.4 is 0 Å². The van der Waals surface area contributed by atoms with Crippen LogP contribution in [0.25, 0.3) is 0 Å². The number of aryl methyl sites for hydroxylation is 1. The molecule has 0 radical (unpaired) electrons. The zero-order valence-corrected chi connectivity index (χ0v) is 12.2. The number of hydrogen-bond acceptors (Lipinski definition) is 7. The summed E-state index contributed by atoms with van der Waals surface area (Å²) in [7, 11) is 0. The Morgan fingerprint density at radius 1 is 1.45 bits per heavy atom. The van der Waals surface area contributed by atoms with Gasteiger partial charge in [0, 0.05) is 13.1 Å². The number of rotatable bonds is 2. The smallest absolute Gasteiger partial charge is 0.228 e. The molecule has 2 atom stereocenters. The van der Waals surface area contributed by atoms with Gasteiger partial charge in [-0.25, -0.2) is 9.31 Å². The van der Waals surface area contributed by atoms with Crippen LogP contribution in [0.1, 0.15) is 29.5 Å². The van der Waals surface area contributed by atoms with Crippen molar-refractivity contribution in [2.24, 2.45) is 0 Å². The molecule has 0 N–H and O–H groups in total. The monoisotopic (exact) mass is 304 g/mol. The molecule has 0 unspecified atom stereocenters. The summed E-state index contributed by atoms with van der Waals surface area (Å²) in [5.41, 5.74) is 2.20. The van der Waals surface area contributed by atoms with Gasteiger partial charge in [0.25, 0.3) is 0 Å². The highest BCUT2D eigenvalue weighted by Crippen LogP contribution is 2.30. The van der Waals surface area contributed by atoms with Crippen molar-refractivity contribution >= 4 is 5.91 Å². The van der Waals surface area contributed by atoms with Crippen molar-refractivity contribution in [2.75, 3.05) is 13.1 Å². The molecule has 0 spiro atoms. The van der Waals surface area contributed by atoms with Crippen LogP contribution in [0.3, 0.4) is 0 Å². The standard InChI is InChI=1S/C13H16N6O3/c1-8-10(16-22-15-8)4-13(20)18-3-2-12-11(6-18)19-9(7-21-12)5-14-17-19/h5,11-12H,2-4,6-7H2,1H3/t11-,12-/m1/s1. The maximum Gasteiger partial charge on any atom is 0.228 e. The molecule has 0 bridgehead atoms. The van der Waals surface area contributed by atoms with Crippen molar-refractivity contribution < 1.29 is 14.2 Å². The zero-order valence-electron chi connectivity index (χ0n) is 12.2. The van der Waals surface area contributed by atoms with Crippen molar-refractivity contribution in [3.05, 3.63) is 23.3 Å². The molecular weight excluding hydrogens is 288 g/mol. The van der Waals surface area contributed by atoms with Gasteiger partial charge in [-0.2, -0.15) is 0 Å². The van der Waals surface area contributed by atoms with Crippen molar-refractivity contribution in [3.8, 4) is 0 Å². The lowest BCUT2D eigenvalue weighted by molar-refractivity contribution is -0.137. The molecular formula is C13H16N6O3. The van der Waals surface area contributed by atoms with Gasteiger partial charge in [0.1, 0.15) is 11.4 Å². The number of fused-ring (bicyclic) bond motifs is 3. The van der Waals surface area contributed by atoms with Gasteiger partial charge in [-0.05, 0) is 13.3 Å². The molecule has 1 amide bonds. The predicted octanol–water partition coefficient (Wildman–Crippen LogP) is -0.116. The number of hydrogen-bond donors (Lipinski definition) is 0. The highest BCUT2D eigenvalue weighted by Gasteiger charge is 2.37. The summed E-state index contributed by atoms with van der Waals surface area (Å²) in [6.45, 7) is 3.56. The number of piperidine rings is 1. The van der Waals surface area contributed by atoms with Crippen LogP contribution in [-0.2, 0) is 22.6 Å². The Labute approximate surface area is 126 Å². The third kappa shape index (κ3) is 2.17. The predicted molar refractivity (Wildman–Crippen MR) is 71.6 cm³/mol. The van der Waals surface area contributed by atoms with E-state index in [1.54, 1.807) is 13.1 Å². The number of amides is 1. The second-order valence-electron chi connectivity index (χ2n) is 5.69. The molecule has 116 valence electrons. The van der Waals surface area contributed by atoms with Gasteiger partial charge in [-0.15, -0.1) is 5.10 Å². The highest BCUT2D eigenvalue weighted by molar-refractivity contribution is 5.78. The van der Waals surface area contributed by atoms with E-state index in [2.05, 4.69) is 25.3 Å². The van der Waals surface area contributed by atoms with Crippen LogP contribution in [0.4, 0.5) is 0 Å². The van der Waals surface area contributed by atoms with E-state index in [1.165, 1.54) is 0 Å². The zero-order chi connectivity index (χ0) is 15.1. The normalized spacial score (nSPS) is 24.0. The van der Waals surface area contributed by atoms with Gasteiger partial charge < -0.3 is 9.64 Å². The SMILES string of the molecule is Cc1nonc1CC(=O)N1CC[C@H]2OCc3cnnn3[C@@H]2C1. The van der Waals surface area contributed by atoms with Gasteiger partial charge in [-0.1, -0.05) is 15.5 Å². The van der Waals surface area contributed by atoms with Crippen molar-refractivity contribution in [1.29, 1.82) is 0 Å². The van der Waals surface area contributed by atoms with Crippen molar-refractivity contribution in [1.82, 2.24) is 30.2 Å². The molecule has 2 aliphatic heterocycles. The molecule has 9 heteroatoms. The summed E-state index contributed by atoms with van der Waals surface area (Å²) >= 11 is 0. The fourth-order valence-corrected chi connectivity index (χ4v) is 3.07. The third-order valence-corrected chi connectivity index (χ3v) is 4.35. The number of ether oxygens (including phenoxy) is 1. The average molecular weight is 304 g/mol. The average Bonchev–Trinajstić information content (AvgIpc) is 3.16. The summed E-state index contributed by atoms with van der Waals surface area (Å²) in [5.74, 6) is 0.0180. The lowest BCUT2D eigenvalue weighted by atomic mass is 10.00. The summed E-state index contributed by atoms with van der Waals surface area (Å²) in [4.78, 5) is 14.3. The van der Waals surface area contributed by atoms with Gasteiger partial charge in [0.2, 0.25) is 5.91 Å². The van der Waals surface area contributed by atoms with Gasteiger partial charge in [0.05, 0.1) is 37.1 Å². The second-order valence-corrected chi connectivity index (χ2v) is 5.69. The maximum absolute atomic E-state index is 12.5. The minimum Gasteiger partial charge on any atom is -0.370 e. The van der Waals surface area contributed by atoms with Crippen LogP contribution in [0.5, 0.6) is 0 Å². The maximum atomic E-state index is 12.5. The van der Waals surface area contributed by atoms with E-state index >= 15 is 0 Å². The Kier molecular flexibility index (Phi) is 3.14. The molecule has 2 aliphatic rings. The van der Waals surface area contributed by atoms with Gasteiger partial charge in [-0.3, -0.25) is 4.79 Å². The molecule has 22 heavy (non-hydrogen) atoms. The van der Waals surface area contributed by atoms with E-state index in [-0.39, 0.29) is 24.5 Å². The molecule has 2 aromatic rings. The molecule has 0 saturated carbocycles. The fraction of sp³-hybridized carbons (Fsp3) is 0.615. The number of carbonyl (C=O) groups is 1. The Bertz CT molecular complexity index is 696. The number of nitrogens with zero attached hydrogens (tertiary/aromatic N) is 6. The number of likely N-dealkylation sites (tertiary alicyclic amines) is 1. The summed E-state index contributed by atoms with van der Waals surface area (Å²) in [6, 6.07) is 0.0282. The molecule has 1 saturated heterocycles. The second kappa shape index (κ2) is 5.16. The van der Waals surface area contributed by atoms with E-state index in [1.807, 2.05) is 9.58 Å². The largest absolute Gasteiger partial charge is 0.370 e. The van der Waals surface area contributed by atoms with Crippen molar-refractivity contribution in [2.45, 2.75) is 38.5 Å². The van der Waals surface area contributed by atoms with E-state index in [9.17, 15) is 4.79 Å². The molecule has 4 heterocycles. The minimum atomic E-state index is 0.0180. The highest BCUT2D eigenvalue weighted by atomic mass is 16.6. The lowest BCUT2D eigenvalue weighted by Gasteiger charge is -2.40. The molecule has 2 aromatic heterocycles. The fourth-order valence-electron chi connectivity index (χ4n) is 3.07. The molecule has 1 fully saturated rings. The minimum absolute atomic E-state index is 0.0180. The van der Waals surface area contributed by atoms with Crippen LogP contribution in [0, 0.1) is 6.92 Å². The van der Waals surface area contributed by atoms with Crippen LogP contribution in [0.2, 0.25) is 0 Å². The Balaban J connectivity index is 1.49. The first-order chi connectivity index (χ1) is 10.7. The van der Waals surface area contributed by atoms with E-state index in [4.69, 9.17) is 4.74 Å². The topological polar surface area (TPSA) is 99.2 Å².